The number of unbranched alkanes of at least 4 members (excludes halogenated alkanes) is 1. The molecule has 0 rings (SSSR count). The molecule has 0 aliphatic heterocycles. The van der Waals surface area contributed by atoms with Crippen molar-refractivity contribution in [2.75, 3.05) is 39.3 Å². The second kappa shape index (κ2) is 14.2. The number of guanidine groups is 1. The Hall–Kier alpha value is -0.770. The van der Waals surface area contributed by atoms with Gasteiger partial charge in [0.05, 0.1) is 0 Å². The maximum absolute atomic E-state index is 4.70. The molecule has 0 spiro atoms. The molecule has 0 aliphatic carbocycles. The number of aliphatic imine (C=N–C) groups is 1. The van der Waals surface area contributed by atoms with E-state index in [1.54, 1.807) is 0 Å². The van der Waals surface area contributed by atoms with Crippen LogP contribution in [0.5, 0.6) is 0 Å². The van der Waals surface area contributed by atoms with Gasteiger partial charge in [-0.05, 0) is 45.3 Å². The topological polar surface area (TPSA) is 39.7 Å². The highest BCUT2D eigenvalue weighted by Crippen LogP contribution is 2.07. The second-order valence-corrected chi connectivity index (χ2v) is 5.56. The van der Waals surface area contributed by atoms with Gasteiger partial charge in [0.1, 0.15) is 0 Å². The van der Waals surface area contributed by atoms with Crippen molar-refractivity contribution < 1.29 is 0 Å². The lowest BCUT2D eigenvalue weighted by Crippen LogP contribution is -2.38. The first-order valence-electron chi connectivity index (χ1n) is 8.96. The average molecular weight is 299 g/mol. The van der Waals surface area contributed by atoms with Crippen LogP contribution in [-0.2, 0) is 0 Å². The maximum Gasteiger partial charge on any atom is 0.191 e. The summed E-state index contributed by atoms with van der Waals surface area (Å²) in [6.07, 6.45) is 4.87. The van der Waals surface area contributed by atoms with Crippen LogP contribution in [0.15, 0.2) is 4.99 Å². The van der Waals surface area contributed by atoms with E-state index in [0.29, 0.717) is 5.92 Å². The van der Waals surface area contributed by atoms with Gasteiger partial charge in [-0.3, -0.25) is 4.99 Å². The summed E-state index contributed by atoms with van der Waals surface area (Å²) < 4.78 is 0. The average Bonchev–Trinajstić information content (AvgIpc) is 2.51. The van der Waals surface area contributed by atoms with Crippen molar-refractivity contribution in [3.63, 3.8) is 0 Å². The zero-order valence-corrected chi connectivity index (χ0v) is 15.0. The molecule has 0 aromatic carbocycles. The molecule has 0 heterocycles. The van der Waals surface area contributed by atoms with E-state index in [1.807, 2.05) is 0 Å². The van der Waals surface area contributed by atoms with E-state index in [1.165, 1.54) is 32.2 Å². The molecule has 0 aromatic rings. The molecule has 0 fully saturated rings. The molecule has 4 heteroatoms. The Morgan fingerprint density at radius 1 is 0.952 bits per heavy atom. The summed E-state index contributed by atoms with van der Waals surface area (Å²) in [5, 5.41) is 6.79. The molecule has 0 aromatic heterocycles. The summed E-state index contributed by atoms with van der Waals surface area (Å²) in [7, 11) is 0. The first-order valence-corrected chi connectivity index (χ1v) is 8.96. The molecule has 0 amide bonds. The Bertz CT molecular complexity index is 245. The van der Waals surface area contributed by atoms with Crippen molar-refractivity contribution in [2.24, 2.45) is 10.9 Å². The minimum atomic E-state index is 0.711. The molecular weight excluding hydrogens is 260 g/mol. The SMILES string of the molecule is CCNC(=NCC(CC)CC)NCCCCN(CC)CC. The molecule has 0 saturated heterocycles. The summed E-state index contributed by atoms with van der Waals surface area (Å²) in [5.41, 5.74) is 0. The predicted molar refractivity (Wildman–Crippen MR) is 95.1 cm³/mol. The minimum absolute atomic E-state index is 0.711. The fourth-order valence-corrected chi connectivity index (χ4v) is 2.32. The molecule has 126 valence electrons. The molecule has 0 unspecified atom stereocenters. The quantitative estimate of drug-likeness (QED) is 0.330. The zero-order chi connectivity index (χ0) is 15.9. The van der Waals surface area contributed by atoms with Gasteiger partial charge < -0.3 is 15.5 Å². The second-order valence-electron chi connectivity index (χ2n) is 5.56. The number of nitrogens with zero attached hydrogens (tertiary/aromatic N) is 2. The van der Waals surface area contributed by atoms with Gasteiger partial charge in [0.25, 0.3) is 0 Å². The van der Waals surface area contributed by atoms with Crippen LogP contribution in [0.4, 0.5) is 0 Å². The summed E-state index contributed by atoms with van der Waals surface area (Å²) in [6, 6.07) is 0. The van der Waals surface area contributed by atoms with E-state index >= 15 is 0 Å². The molecule has 0 aliphatic rings. The van der Waals surface area contributed by atoms with Gasteiger partial charge >= 0.3 is 0 Å². The van der Waals surface area contributed by atoms with Crippen LogP contribution in [0.2, 0.25) is 0 Å². The van der Waals surface area contributed by atoms with E-state index in [0.717, 1.165) is 38.7 Å². The molecule has 0 atom stereocenters. The van der Waals surface area contributed by atoms with Gasteiger partial charge in [-0.1, -0.05) is 40.5 Å². The molecule has 2 N–H and O–H groups in total. The minimum Gasteiger partial charge on any atom is -0.357 e. The fraction of sp³-hybridized carbons (Fsp3) is 0.941. The van der Waals surface area contributed by atoms with Crippen LogP contribution in [0.3, 0.4) is 0 Å². The number of hydrogen-bond donors (Lipinski definition) is 2. The first kappa shape index (κ1) is 20.2. The predicted octanol–water partition coefficient (Wildman–Crippen LogP) is 3.10. The van der Waals surface area contributed by atoms with Crippen LogP contribution in [-0.4, -0.2) is 50.1 Å². The van der Waals surface area contributed by atoms with Gasteiger partial charge in [0.15, 0.2) is 5.96 Å². The van der Waals surface area contributed by atoms with Crippen LogP contribution >= 0.6 is 0 Å². The highest BCUT2D eigenvalue weighted by molar-refractivity contribution is 5.79. The van der Waals surface area contributed by atoms with E-state index < -0.39 is 0 Å². The highest BCUT2D eigenvalue weighted by atomic mass is 15.2. The Labute approximate surface area is 132 Å². The van der Waals surface area contributed by atoms with Crippen molar-refractivity contribution in [2.45, 2.75) is 60.3 Å². The maximum atomic E-state index is 4.70. The third-order valence-corrected chi connectivity index (χ3v) is 4.09. The van der Waals surface area contributed by atoms with Crippen LogP contribution in [0.25, 0.3) is 0 Å². The number of hydrogen-bond acceptors (Lipinski definition) is 2. The van der Waals surface area contributed by atoms with Gasteiger partial charge in [0.2, 0.25) is 0 Å². The van der Waals surface area contributed by atoms with Gasteiger partial charge in [0, 0.05) is 19.6 Å². The third kappa shape index (κ3) is 10.6. The lowest BCUT2D eigenvalue weighted by Gasteiger charge is -2.18. The zero-order valence-electron chi connectivity index (χ0n) is 15.0. The fourth-order valence-electron chi connectivity index (χ4n) is 2.32. The first-order chi connectivity index (χ1) is 10.2. The Morgan fingerprint density at radius 3 is 2.14 bits per heavy atom. The van der Waals surface area contributed by atoms with Crippen molar-refractivity contribution >= 4 is 5.96 Å². The highest BCUT2D eigenvalue weighted by Gasteiger charge is 2.03. The normalized spacial score (nSPS) is 12.2. The molecule has 0 bridgehead atoms. The summed E-state index contributed by atoms with van der Waals surface area (Å²) >= 11 is 0. The van der Waals surface area contributed by atoms with E-state index in [2.05, 4.69) is 50.2 Å². The standard InChI is InChI=1S/C17H38N4/c1-6-16(7-2)15-20-17(18-8-3)19-13-11-12-14-21(9-4)10-5/h16H,6-15H2,1-5H3,(H2,18,19,20). The van der Waals surface area contributed by atoms with Crippen LogP contribution < -0.4 is 10.6 Å². The van der Waals surface area contributed by atoms with Crippen LogP contribution in [0, 0.1) is 5.92 Å². The molecule has 0 saturated carbocycles. The molecule has 4 nitrogen and oxygen atoms in total. The summed E-state index contributed by atoms with van der Waals surface area (Å²) in [4.78, 5) is 7.18. The largest absolute Gasteiger partial charge is 0.357 e. The molecule has 0 radical (unpaired) electrons. The van der Waals surface area contributed by atoms with Crippen LogP contribution in [0.1, 0.15) is 60.3 Å². The van der Waals surface area contributed by atoms with Gasteiger partial charge in [-0.2, -0.15) is 0 Å². The number of nitrogens with one attached hydrogen (secondary N) is 2. The lowest BCUT2D eigenvalue weighted by molar-refractivity contribution is 0.297. The Kier molecular flexibility index (Phi) is 13.7. The van der Waals surface area contributed by atoms with Gasteiger partial charge in [-0.15, -0.1) is 0 Å². The van der Waals surface area contributed by atoms with Crippen molar-refractivity contribution in [1.29, 1.82) is 0 Å². The van der Waals surface area contributed by atoms with Crippen molar-refractivity contribution in [1.82, 2.24) is 15.5 Å². The Morgan fingerprint density at radius 2 is 1.62 bits per heavy atom. The lowest BCUT2D eigenvalue weighted by atomic mass is 10.0. The van der Waals surface area contributed by atoms with E-state index in [4.69, 9.17) is 4.99 Å². The van der Waals surface area contributed by atoms with Gasteiger partial charge in [-0.25, -0.2) is 0 Å². The number of rotatable bonds is 12. The Balaban J connectivity index is 3.95. The summed E-state index contributed by atoms with van der Waals surface area (Å²) in [6.45, 7) is 17.5. The third-order valence-electron chi connectivity index (χ3n) is 4.09. The van der Waals surface area contributed by atoms with E-state index in [9.17, 15) is 0 Å². The summed E-state index contributed by atoms with van der Waals surface area (Å²) in [5.74, 6) is 1.69. The molecule has 21 heavy (non-hydrogen) atoms. The smallest absolute Gasteiger partial charge is 0.191 e. The monoisotopic (exact) mass is 298 g/mol. The van der Waals surface area contributed by atoms with Crippen molar-refractivity contribution in [3.8, 4) is 0 Å². The molecular formula is C17H38N4. The van der Waals surface area contributed by atoms with E-state index in [-0.39, 0.29) is 0 Å². The van der Waals surface area contributed by atoms with Crippen molar-refractivity contribution in [3.05, 3.63) is 0 Å².